The molecule has 1 nitrogen and oxygen atoms in total. The topological polar surface area (TPSA) is 17.1 Å². The summed E-state index contributed by atoms with van der Waals surface area (Å²) in [6, 6.07) is 0. The van der Waals surface area contributed by atoms with Gasteiger partial charge in [-0.3, -0.25) is 4.79 Å². The molecule has 2 aliphatic carbocycles. The molecule has 0 aromatic heterocycles. The average molecular weight is 233 g/mol. The first kappa shape index (κ1) is 10.2. The number of Topliss-reactive ketones (excluding diaryl/α,β-unsaturated/α-hetero) is 1. The van der Waals surface area contributed by atoms with Crippen LogP contribution in [0.25, 0.3) is 0 Å². The van der Waals surface area contributed by atoms with E-state index in [9.17, 15) is 4.79 Å². The Bertz CT molecular complexity index is 222. The Balaban J connectivity index is 0.000000720. The van der Waals surface area contributed by atoms with Gasteiger partial charge in [-0.2, -0.15) is 0 Å². The second-order valence-corrected chi connectivity index (χ2v) is 4.92. The number of ketones is 1. The van der Waals surface area contributed by atoms with Crippen LogP contribution in [0.2, 0.25) is 0 Å². The molecule has 2 atom stereocenters. The highest BCUT2D eigenvalue weighted by atomic mass is 79.9. The quantitative estimate of drug-likeness (QED) is 0.628. The number of carbonyl (C=O) groups is 1. The number of fused-ring (bicyclic) bond motifs is 2. The zero-order chi connectivity index (χ0) is 8.28. The molecule has 70 valence electrons. The van der Waals surface area contributed by atoms with Crippen LogP contribution in [0.5, 0.6) is 0 Å². The summed E-state index contributed by atoms with van der Waals surface area (Å²) in [6.07, 6.45) is 3.25. The van der Waals surface area contributed by atoms with Crippen molar-refractivity contribution in [3.63, 3.8) is 0 Å². The van der Waals surface area contributed by atoms with E-state index in [1.807, 2.05) is 0 Å². The maximum absolute atomic E-state index is 11.6. The zero-order valence-corrected chi connectivity index (χ0v) is 9.73. The summed E-state index contributed by atoms with van der Waals surface area (Å²) in [5.74, 6) is 1.19. The van der Waals surface area contributed by atoms with Crippen molar-refractivity contribution in [2.75, 3.05) is 0 Å². The van der Waals surface area contributed by atoms with E-state index in [2.05, 4.69) is 20.8 Å². The molecule has 0 spiro atoms. The Kier molecular flexibility index (Phi) is 2.19. The monoisotopic (exact) mass is 232 g/mol. The molecule has 12 heavy (non-hydrogen) atoms. The normalized spacial score (nSPS) is 42.9. The van der Waals surface area contributed by atoms with Gasteiger partial charge in [-0.25, -0.2) is 0 Å². The van der Waals surface area contributed by atoms with E-state index >= 15 is 0 Å². The number of carbonyl (C=O) groups excluding carboxylic acids is 1. The number of hydrogen-bond acceptors (Lipinski definition) is 1. The molecule has 0 N–H and O–H groups in total. The van der Waals surface area contributed by atoms with Gasteiger partial charge in [0.15, 0.2) is 0 Å². The van der Waals surface area contributed by atoms with Gasteiger partial charge in [0.2, 0.25) is 0 Å². The molecule has 0 aromatic rings. The van der Waals surface area contributed by atoms with Crippen LogP contribution in [0, 0.1) is 16.7 Å². The van der Waals surface area contributed by atoms with Gasteiger partial charge < -0.3 is 0 Å². The maximum Gasteiger partial charge on any atom is 0.139 e. The van der Waals surface area contributed by atoms with E-state index in [0.29, 0.717) is 11.7 Å². The van der Waals surface area contributed by atoms with Crippen molar-refractivity contribution in [3.05, 3.63) is 0 Å². The highest BCUT2D eigenvalue weighted by Gasteiger charge is 2.61. The van der Waals surface area contributed by atoms with E-state index in [-0.39, 0.29) is 27.8 Å². The van der Waals surface area contributed by atoms with Crippen LogP contribution < -0.4 is 0 Å². The lowest BCUT2D eigenvalue weighted by atomic mass is 9.70. The van der Waals surface area contributed by atoms with Crippen molar-refractivity contribution in [1.29, 1.82) is 0 Å². The smallest absolute Gasteiger partial charge is 0.139 e. The zero-order valence-electron chi connectivity index (χ0n) is 8.02. The molecular formula is C10H17BrO. The van der Waals surface area contributed by atoms with Gasteiger partial charge >= 0.3 is 0 Å². The molecule has 2 heteroatoms. The molecule has 0 amide bonds. The second-order valence-electron chi connectivity index (χ2n) is 4.92. The van der Waals surface area contributed by atoms with Crippen LogP contribution >= 0.6 is 17.0 Å². The average Bonchev–Trinajstić information content (AvgIpc) is 2.20. The van der Waals surface area contributed by atoms with Crippen molar-refractivity contribution < 1.29 is 4.79 Å². The van der Waals surface area contributed by atoms with Gasteiger partial charge in [0.25, 0.3) is 0 Å². The van der Waals surface area contributed by atoms with E-state index in [1.54, 1.807) is 0 Å². The van der Waals surface area contributed by atoms with Crippen LogP contribution in [0.15, 0.2) is 0 Å². The molecule has 0 saturated heterocycles. The molecule has 2 unspecified atom stereocenters. The first-order valence-electron chi connectivity index (χ1n) is 4.52. The van der Waals surface area contributed by atoms with E-state index in [1.165, 1.54) is 6.42 Å². The SMILES string of the molecule is Br.CC12CCC(CC1=O)C2(C)C. The lowest BCUT2D eigenvalue weighted by Crippen LogP contribution is -2.32. The molecule has 0 heterocycles. The molecule has 0 aromatic carbocycles. The molecule has 0 aliphatic heterocycles. The highest BCUT2D eigenvalue weighted by Crippen LogP contribution is 2.63. The lowest BCUT2D eigenvalue weighted by molar-refractivity contribution is -0.128. The third-order valence-corrected chi connectivity index (χ3v) is 4.48. The van der Waals surface area contributed by atoms with E-state index in [4.69, 9.17) is 0 Å². The minimum absolute atomic E-state index is 0. The Morgan fingerprint density at radius 2 is 1.92 bits per heavy atom. The fraction of sp³-hybridized carbons (Fsp3) is 0.900. The number of rotatable bonds is 0. The predicted molar refractivity (Wildman–Crippen MR) is 54.6 cm³/mol. The van der Waals surface area contributed by atoms with Gasteiger partial charge in [-0.15, -0.1) is 17.0 Å². The summed E-state index contributed by atoms with van der Waals surface area (Å²) in [7, 11) is 0. The number of halogens is 1. The van der Waals surface area contributed by atoms with E-state index < -0.39 is 0 Å². The van der Waals surface area contributed by atoms with Gasteiger partial charge in [-0.05, 0) is 24.2 Å². The van der Waals surface area contributed by atoms with Crippen molar-refractivity contribution in [2.45, 2.75) is 40.0 Å². The van der Waals surface area contributed by atoms with Crippen LogP contribution in [0.3, 0.4) is 0 Å². The Morgan fingerprint density at radius 3 is 2.08 bits per heavy atom. The fourth-order valence-electron chi connectivity index (χ4n) is 2.90. The summed E-state index contributed by atoms with van der Waals surface area (Å²) in [5.41, 5.74) is 0.307. The molecular weight excluding hydrogens is 216 g/mol. The van der Waals surface area contributed by atoms with Crippen LogP contribution in [0.4, 0.5) is 0 Å². The third kappa shape index (κ3) is 0.876. The van der Waals surface area contributed by atoms with Crippen LogP contribution in [-0.2, 0) is 4.79 Å². The van der Waals surface area contributed by atoms with Crippen molar-refractivity contribution in [1.82, 2.24) is 0 Å². The standard InChI is InChI=1S/C10H16O.BrH/c1-9(2)7-4-5-10(9,3)8(11)6-7;/h7H,4-6H2,1-3H3;1H. The van der Waals surface area contributed by atoms with Crippen molar-refractivity contribution >= 4 is 22.8 Å². The molecule has 2 rings (SSSR count). The summed E-state index contributed by atoms with van der Waals surface area (Å²) in [6.45, 7) is 6.67. The molecule has 2 fully saturated rings. The summed E-state index contributed by atoms with van der Waals surface area (Å²) in [4.78, 5) is 11.6. The van der Waals surface area contributed by atoms with Crippen molar-refractivity contribution in [2.24, 2.45) is 16.7 Å². The molecule has 2 saturated carbocycles. The predicted octanol–water partition coefficient (Wildman–Crippen LogP) is 2.98. The van der Waals surface area contributed by atoms with Gasteiger partial charge in [-0.1, -0.05) is 20.8 Å². The van der Waals surface area contributed by atoms with Crippen molar-refractivity contribution in [3.8, 4) is 0 Å². The van der Waals surface area contributed by atoms with Gasteiger partial charge in [0.05, 0.1) is 0 Å². The Hall–Kier alpha value is 0.150. The molecule has 2 aliphatic rings. The Morgan fingerprint density at radius 1 is 1.33 bits per heavy atom. The molecule has 2 bridgehead atoms. The second kappa shape index (κ2) is 2.57. The summed E-state index contributed by atoms with van der Waals surface area (Å²) >= 11 is 0. The maximum atomic E-state index is 11.6. The van der Waals surface area contributed by atoms with Gasteiger partial charge in [0.1, 0.15) is 5.78 Å². The largest absolute Gasteiger partial charge is 0.299 e. The van der Waals surface area contributed by atoms with Crippen LogP contribution in [0.1, 0.15) is 40.0 Å². The summed E-state index contributed by atoms with van der Waals surface area (Å²) in [5, 5.41) is 0. The Labute approximate surface area is 84.7 Å². The highest BCUT2D eigenvalue weighted by molar-refractivity contribution is 8.93. The van der Waals surface area contributed by atoms with Crippen LogP contribution in [-0.4, -0.2) is 5.78 Å². The molecule has 0 radical (unpaired) electrons. The van der Waals surface area contributed by atoms with Gasteiger partial charge in [0, 0.05) is 11.8 Å². The number of hydrogen-bond donors (Lipinski definition) is 0. The first-order valence-corrected chi connectivity index (χ1v) is 4.52. The summed E-state index contributed by atoms with van der Waals surface area (Å²) < 4.78 is 0. The first-order chi connectivity index (χ1) is 4.98. The lowest BCUT2D eigenvalue weighted by Gasteiger charge is -2.32. The van der Waals surface area contributed by atoms with E-state index in [0.717, 1.165) is 12.8 Å². The third-order valence-electron chi connectivity index (χ3n) is 4.48. The minimum atomic E-state index is 0. The fourth-order valence-corrected chi connectivity index (χ4v) is 2.90. The minimum Gasteiger partial charge on any atom is -0.299 e.